The number of rotatable bonds is 1. The maximum absolute atomic E-state index is 12.8. The molecule has 6 nitrogen and oxygen atoms in total. The topological polar surface area (TPSA) is 95.9 Å². The van der Waals surface area contributed by atoms with Crippen molar-refractivity contribution in [2.45, 2.75) is 19.3 Å². The van der Waals surface area contributed by atoms with Gasteiger partial charge >= 0.3 is 18.3 Å². The first-order valence-corrected chi connectivity index (χ1v) is 7.64. The number of carboxylic acid groups (broad SMARTS) is 1. The summed E-state index contributed by atoms with van der Waals surface area (Å²) in [4.78, 5) is 31.3. The van der Waals surface area contributed by atoms with Crippen LogP contribution in [0.5, 0.6) is 0 Å². The normalized spacial score (nSPS) is 11.7. The number of aromatic nitrogens is 3. The molecule has 0 amide bonds. The fraction of sp³-hybridized carbons (Fsp3) is 0.176. The summed E-state index contributed by atoms with van der Waals surface area (Å²) < 4.78 is 70.1. The van der Waals surface area contributed by atoms with Gasteiger partial charge in [-0.1, -0.05) is 0 Å². The largest absolute Gasteiger partial charge is 0.490 e. The van der Waals surface area contributed by atoms with Crippen molar-refractivity contribution in [1.82, 2.24) is 15.0 Å². The van der Waals surface area contributed by atoms with E-state index in [9.17, 15) is 31.1 Å². The second-order valence-corrected chi connectivity index (χ2v) is 5.56. The molecule has 3 heterocycles. The number of fused-ring (bicyclic) bond motifs is 1. The number of alkyl halides is 6. The van der Waals surface area contributed by atoms with Crippen LogP contribution in [0.1, 0.15) is 11.3 Å². The van der Waals surface area contributed by atoms with Crippen LogP contribution in [0.4, 0.5) is 26.3 Å². The van der Waals surface area contributed by atoms with Gasteiger partial charge in [-0.3, -0.25) is 14.8 Å². The zero-order chi connectivity index (χ0) is 22.0. The Hall–Kier alpha value is -3.44. The Labute approximate surface area is 157 Å². The minimum Gasteiger partial charge on any atom is -0.475 e. The van der Waals surface area contributed by atoms with Crippen LogP contribution in [-0.4, -0.2) is 32.2 Å². The van der Waals surface area contributed by atoms with Crippen molar-refractivity contribution in [2.24, 2.45) is 0 Å². The van der Waals surface area contributed by atoms with Crippen molar-refractivity contribution in [3.63, 3.8) is 0 Å². The number of nitrogens with one attached hydrogen (secondary N) is 1. The Morgan fingerprint density at radius 3 is 2.24 bits per heavy atom. The van der Waals surface area contributed by atoms with E-state index in [1.54, 1.807) is 12.1 Å². The smallest absolute Gasteiger partial charge is 0.475 e. The first kappa shape index (κ1) is 21.9. The Balaban J connectivity index is 0.000000370. The molecule has 3 aromatic rings. The Morgan fingerprint density at radius 2 is 1.72 bits per heavy atom. The van der Waals surface area contributed by atoms with Gasteiger partial charge < -0.3 is 10.1 Å². The summed E-state index contributed by atoms with van der Waals surface area (Å²) in [6.07, 6.45) is -6.60. The molecule has 0 spiro atoms. The van der Waals surface area contributed by atoms with Gasteiger partial charge in [-0.15, -0.1) is 0 Å². The standard InChI is InChI=1S/C15H10F3N3O.C2HF3O2/c1-8-11(15(16,17)18)4-5-12(21-8)10-7-20-14(22)9-3-2-6-19-13(9)10;3-2(4,5)1(6)7/h2-7H,1H3,(H,20,22);(H,6,7). The fourth-order valence-electron chi connectivity index (χ4n) is 2.29. The average Bonchev–Trinajstić information content (AvgIpc) is 2.61. The highest BCUT2D eigenvalue weighted by Gasteiger charge is 2.38. The SMILES string of the molecule is Cc1nc(-c2c[nH]c(=O)c3cccnc23)ccc1C(F)(F)F.O=C(O)C(F)(F)F. The Morgan fingerprint density at radius 1 is 1.10 bits per heavy atom. The molecule has 3 rings (SSSR count). The zero-order valence-electron chi connectivity index (χ0n) is 14.4. The van der Waals surface area contributed by atoms with Crippen LogP contribution in [0, 0.1) is 6.92 Å². The lowest BCUT2D eigenvalue weighted by molar-refractivity contribution is -0.192. The number of aromatic amines is 1. The number of carboxylic acids is 1. The molecular formula is C17H11F6N3O3. The predicted octanol–water partition coefficient (Wildman–Crippen LogP) is 3.95. The van der Waals surface area contributed by atoms with Crippen LogP contribution in [-0.2, 0) is 11.0 Å². The van der Waals surface area contributed by atoms with E-state index in [-0.39, 0.29) is 11.3 Å². The maximum atomic E-state index is 12.8. The summed E-state index contributed by atoms with van der Waals surface area (Å²) in [5, 5.41) is 7.49. The van der Waals surface area contributed by atoms with Crippen molar-refractivity contribution in [2.75, 3.05) is 0 Å². The number of halogens is 6. The lowest BCUT2D eigenvalue weighted by Gasteiger charge is -2.11. The maximum Gasteiger partial charge on any atom is 0.490 e. The number of hydrogen-bond acceptors (Lipinski definition) is 4. The lowest BCUT2D eigenvalue weighted by atomic mass is 10.1. The van der Waals surface area contributed by atoms with Crippen molar-refractivity contribution >= 4 is 16.9 Å². The van der Waals surface area contributed by atoms with E-state index in [0.29, 0.717) is 22.2 Å². The molecule has 0 saturated carbocycles. The second-order valence-electron chi connectivity index (χ2n) is 5.56. The molecule has 0 aliphatic carbocycles. The van der Waals surface area contributed by atoms with Crippen LogP contribution in [0.3, 0.4) is 0 Å². The summed E-state index contributed by atoms with van der Waals surface area (Å²) >= 11 is 0. The van der Waals surface area contributed by atoms with Gasteiger partial charge in [-0.05, 0) is 31.2 Å². The van der Waals surface area contributed by atoms with Gasteiger partial charge in [0.1, 0.15) is 0 Å². The zero-order valence-corrected chi connectivity index (χ0v) is 14.4. The Bertz CT molecular complexity index is 1110. The number of pyridine rings is 3. The fourth-order valence-corrected chi connectivity index (χ4v) is 2.29. The second kappa shape index (κ2) is 7.89. The monoisotopic (exact) mass is 419 g/mol. The molecule has 0 saturated heterocycles. The first-order chi connectivity index (χ1) is 13.3. The highest BCUT2D eigenvalue weighted by Crippen LogP contribution is 2.33. The molecule has 0 aromatic carbocycles. The van der Waals surface area contributed by atoms with Crippen molar-refractivity contribution in [3.05, 3.63) is 58.3 Å². The van der Waals surface area contributed by atoms with Gasteiger partial charge in [0.25, 0.3) is 5.56 Å². The molecule has 2 N–H and O–H groups in total. The Kier molecular flexibility index (Phi) is 5.95. The molecule has 0 unspecified atom stereocenters. The van der Waals surface area contributed by atoms with Gasteiger partial charge in [0.05, 0.1) is 27.9 Å². The molecule has 29 heavy (non-hydrogen) atoms. The van der Waals surface area contributed by atoms with Gasteiger partial charge in [-0.2, -0.15) is 26.3 Å². The first-order valence-electron chi connectivity index (χ1n) is 7.64. The molecule has 0 atom stereocenters. The third-order valence-corrected chi connectivity index (χ3v) is 3.56. The van der Waals surface area contributed by atoms with Crippen molar-refractivity contribution in [1.29, 1.82) is 0 Å². The van der Waals surface area contributed by atoms with E-state index in [4.69, 9.17) is 9.90 Å². The number of aliphatic carboxylic acids is 1. The number of aryl methyl sites for hydroxylation is 1. The van der Waals surface area contributed by atoms with Crippen molar-refractivity contribution in [3.8, 4) is 11.3 Å². The summed E-state index contributed by atoms with van der Waals surface area (Å²) in [7, 11) is 0. The quantitative estimate of drug-likeness (QED) is 0.583. The number of carbonyl (C=O) groups is 1. The summed E-state index contributed by atoms with van der Waals surface area (Å²) in [6, 6.07) is 5.48. The van der Waals surface area contributed by atoms with Gasteiger partial charge in [-0.25, -0.2) is 4.79 Å². The van der Waals surface area contributed by atoms with E-state index in [2.05, 4.69) is 15.0 Å². The molecular weight excluding hydrogens is 408 g/mol. The molecule has 154 valence electrons. The summed E-state index contributed by atoms with van der Waals surface area (Å²) in [6.45, 7) is 1.30. The van der Waals surface area contributed by atoms with Gasteiger partial charge in [0, 0.05) is 18.0 Å². The molecule has 0 bridgehead atoms. The van der Waals surface area contributed by atoms with E-state index in [0.717, 1.165) is 6.07 Å². The van der Waals surface area contributed by atoms with Crippen molar-refractivity contribution < 1.29 is 36.2 Å². The van der Waals surface area contributed by atoms with E-state index < -0.39 is 23.9 Å². The van der Waals surface area contributed by atoms with Gasteiger partial charge in [0.15, 0.2) is 0 Å². The number of H-pyrrole nitrogens is 1. The summed E-state index contributed by atoms with van der Waals surface area (Å²) in [5.41, 5.74) is -0.0101. The molecule has 0 aliphatic heterocycles. The molecule has 0 fully saturated rings. The molecule has 3 aromatic heterocycles. The third-order valence-electron chi connectivity index (χ3n) is 3.56. The molecule has 0 aliphatic rings. The molecule has 0 radical (unpaired) electrons. The van der Waals surface area contributed by atoms with Crippen LogP contribution in [0.15, 0.2) is 41.5 Å². The highest BCUT2D eigenvalue weighted by atomic mass is 19.4. The van der Waals surface area contributed by atoms with Crippen LogP contribution < -0.4 is 5.56 Å². The predicted molar refractivity (Wildman–Crippen MR) is 89.0 cm³/mol. The minimum absolute atomic E-state index is 0.125. The number of hydrogen-bond donors (Lipinski definition) is 2. The van der Waals surface area contributed by atoms with Crippen LogP contribution in [0.2, 0.25) is 0 Å². The van der Waals surface area contributed by atoms with E-state index in [1.807, 2.05) is 0 Å². The minimum atomic E-state index is -5.08. The number of nitrogens with zero attached hydrogens (tertiary/aromatic N) is 2. The van der Waals surface area contributed by atoms with Crippen LogP contribution >= 0.6 is 0 Å². The van der Waals surface area contributed by atoms with E-state index in [1.165, 1.54) is 25.4 Å². The highest BCUT2D eigenvalue weighted by molar-refractivity contribution is 5.91. The average molecular weight is 419 g/mol. The van der Waals surface area contributed by atoms with E-state index >= 15 is 0 Å². The summed E-state index contributed by atoms with van der Waals surface area (Å²) in [5.74, 6) is -2.76. The van der Waals surface area contributed by atoms with Gasteiger partial charge in [0.2, 0.25) is 0 Å². The molecule has 12 heteroatoms. The van der Waals surface area contributed by atoms with Crippen LogP contribution in [0.25, 0.3) is 22.2 Å². The lowest BCUT2D eigenvalue weighted by Crippen LogP contribution is -2.21. The third kappa shape index (κ3) is 5.09.